The van der Waals surface area contributed by atoms with E-state index in [4.69, 9.17) is 9.26 Å². The van der Waals surface area contributed by atoms with Gasteiger partial charge in [-0.05, 0) is 18.9 Å². The fourth-order valence-corrected chi connectivity index (χ4v) is 2.42. The van der Waals surface area contributed by atoms with E-state index in [-0.39, 0.29) is 12.0 Å². The van der Waals surface area contributed by atoms with Gasteiger partial charge < -0.3 is 14.6 Å². The Kier molecular flexibility index (Phi) is 4.85. The van der Waals surface area contributed by atoms with Gasteiger partial charge >= 0.3 is 0 Å². The Balaban J connectivity index is 1.51. The van der Waals surface area contributed by atoms with Crippen LogP contribution in [0.4, 0.5) is 0 Å². The Bertz CT molecular complexity index is 609. The minimum absolute atomic E-state index is 0.170. The van der Waals surface area contributed by atoms with Crippen LogP contribution in [0.15, 0.2) is 47.2 Å². The summed E-state index contributed by atoms with van der Waals surface area (Å²) in [5, 5.41) is 7.47. The molecule has 5 nitrogen and oxygen atoms in total. The Labute approximate surface area is 130 Å². The highest BCUT2D eigenvalue weighted by Gasteiger charge is 2.16. The maximum atomic E-state index is 5.53. The first-order valence-electron chi connectivity index (χ1n) is 7.73. The van der Waals surface area contributed by atoms with Crippen molar-refractivity contribution in [2.45, 2.75) is 31.8 Å². The first-order valence-corrected chi connectivity index (χ1v) is 7.73. The summed E-state index contributed by atoms with van der Waals surface area (Å²) < 4.78 is 10.9. The molecule has 0 bridgehead atoms. The Morgan fingerprint density at radius 3 is 2.95 bits per heavy atom. The first kappa shape index (κ1) is 14.8. The Hall–Kier alpha value is -2.14. The molecule has 0 amide bonds. The number of hydrogen-bond acceptors (Lipinski definition) is 5. The summed E-state index contributed by atoms with van der Waals surface area (Å²) in [4.78, 5) is 4.49. The van der Waals surface area contributed by atoms with E-state index in [0.717, 1.165) is 31.5 Å². The van der Waals surface area contributed by atoms with Crippen molar-refractivity contribution in [3.05, 3.63) is 48.6 Å². The van der Waals surface area contributed by atoms with Gasteiger partial charge in [0, 0.05) is 24.6 Å². The number of rotatable bonds is 6. The molecule has 1 aliphatic rings. The van der Waals surface area contributed by atoms with Crippen molar-refractivity contribution in [1.82, 2.24) is 15.5 Å². The van der Waals surface area contributed by atoms with Gasteiger partial charge in [-0.3, -0.25) is 0 Å². The average Bonchev–Trinajstić information content (AvgIpc) is 3.07. The van der Waals surface area contributed by atoms with Crippen LogP contribution in [0.3, 0.4) is 0 Å². The van der Waals surface area contributed by atoms with Crippen molar-refractivity contribution in [2.24, 2.45) is 0 Å². The molecular weight excluding hydrogens is 278 g/mol. The van der Waals surface area contributed by atoms with E-state index >= 15 is 0 Å². The van der Waals surface area contributed by atoms with Crippen LogP contribution in [0.5, 0.6) is 0 Å². The number of nitrogens with one attached hydrogen (secondary N) is 1. The third-order valence-electron chi connectivity index (χ3n) is 3.74. The van der Waals surface area contributed by atoms with Crippen LogP contribution in [-0.2, 0) is 4.74 Å². The second-order valence-electron chi connectivity index (χ2n) is 5.59. The molecular formula is C17H21N3O2. The van der Waals surface area contributed by atoms with Gasteiger partial charge in [0.15, 0.2) is 0 Å². The maximum absolute atomic E-state index is 5.53. The summed E-state index contributed by atoms with van der Waals surface area (Å²) in [7, 11) is 0. The molecule has 0 saturated carbocycles. The van der Waals surface area contributed by atoms with Crippen LogP contribution in [0.25, 0.3) is 11.4 Å². The van der Waals surface area contributed by atoms with Gasteiger partial charge in [-0.25, -0.2) is 0 Å². The van der Waals surface area contributed by atoms with E-state index in [9.17, 15) is 0 Å². The summed E-state index contributed by atoms with van der Waals surface area (Å²) in [6.45, 7) is 3.71. The van der Waals surface area contributed by atoms with E-state index in [0.29, 0.717) is 11.7 Å². The molecule has 0 saturated heterocycles. The minimum atomic E-state index is 0.170. The topological polar surface area (TPSA) is 60.2 Å². The number of ether oxygens (including phenoxy) is 1. The van der Waals surface area contributed by atoms with Crippen LogP contribution >= 0.6 is 0 Å². The molecule has 1 aromatic carbocycles. The quantitative estimate of drug-likeness (QED) is 0.888. The minimum Gasteiger partial charge on any atom is -0.497 e. The number of allylic oxidation sites excluding steroid dienone is 1. The highest BCUT2D eigenvalue weighted by molar-refractivity contribution is 5.53. The van der Waals surface area contributed by atoms with Gasteiger partial charge in [0.25, 0.3) is 0 Å². The highest BCUT2D eigenvalue weighted by atomic mass is 16.5. The van der Waals surface area contributed by atoms with Crippen LogP contribution in [0, 0.1) is 0 Å². The van der Waals surface area contributed by atoms with Gasteiger partial charge in [0.1, 0.15) is 6.10 Å². The molecule has 0 radical (unpaired) electrons. The largest absolute Gasteiger partial charge is 0.497 e. The Morgan fingerprint density at radius 2 is 2.18 bits per heavy atom. The summed E-state index contributed by atoms with van der Waals surface area (Å²) in [6, 6.07) is 9.86. The highest BCUT2D eigenvalue weighted by Crippen LogP contribution is 2.19. The van der Waals surface area contributed by atoms with Crippen LogP contribution < -0.4 is 5.32 Å². The normalized spacial score (nSPS) is 18.9. The summed E-state index contributed by atoms with van der Waals surface area (Å²) in [5.74, 6) is 1.48. The molecule has 1 aliphatic heterocycles. The number of nitrogens with zero attached hydrogens (tertiary/aromatic N) is 2. The lowest BCUT2D eigenvalue weighted by molar-refractivity contribution is 0.122. The zero-order chi connectivity index (χ0) is 15.2. The lowest BCUT2D eigenvalue weighted by Crippen LogP contribution is -2.31. The SMILES string of the molecule is CC(CNCC1CCC=CO1)c1nc(-c2ccccc2)no1. The fraction of sp³-hybridized carbons (Fsp3) is 0.412. The van der Waals surface area contributed by atoms with Crippen molar-refractivity contribution in [2.75, 3.05) is 13.1 Å². The molecule has 1 aromatic heterocycles. The van der Waals surface area contributed by atoms with Gasteiger partial charge in [-0.15, -0.1) is 0 Å². The maximum Gasteiger partial charge on any atom is 0.231 e. The number of hydrogen-bond donors (Lipinski definition) is 1. The van der Waals surface area contributed by atoms with Crippen molar-refractivity contribution in [1.29, 1.82) is 0 Å². The predicted molar refractivity (Wildman–Crippen MR) is 84.3 cm³/mol. The Morgan fingerprint density at radius 1 is 1.32 bits per heavy atom. The molecule has 1 N–H and O–H groups in total. The molecule has 22 heavy (non-hydrogen) atoms. The van der Waals surface area contributed by atoms with Crippen LogP contribution in [0.2, 0.25) is 0 Å². The van der Waals surface area contributed by atoms with Gasteiger partial charge in [-0.1, -0.05) is 42.4 Å². The molecule has 0 fully saturated rings. The summed E-state index contributed by atoms with van der Waals surface area (Å²) in [5.41, 5.74) is 0.972. The predicted octanol–water partition coefficient (Wildman–Crippen LogP) is 3.12. The standard InChI is InChI=1S/C17H21N3O2/c1-13(11-18-12-15-9-5-6-10-21-15)17-19-16(20-22-17)14-7-3-2-4-8-14/h2-4,6-8,10,13,15,18H,5,9,11-12H2,1H3. The van der Waals surface area contributed by atoms with Crippen LogP contribution in [-0.4, -0.2) is 29.3 Å². The molecule has 0 spiro atoms. The lowest BCUT2D eigenvalue weighted by atomic mass is 10.1. The van der Waals surface area contributed by atoms with Crippen molar-refractivity contribution >= 4 is 0 Å². The summed E-state index contributed by atoms with van der Waals surface area (Å²) >= 11 is 0. The second kappa shape index (κ2) is 7.22. The average molecular weight is 299 g/mol. The second-order valence-corrected chi connectivity index (χ2v) is 5.59. The van der Waals surface area contributed by atoms with Gasteiger partial charge in [-0.2, -0.15) is 4.98 Å². The van der Waals surface area contributed by atoms with Crippen molar-refractivity contribution < 1.29 is 9.26 Å². The zero-order valence-corrected chi connectivity index (χ0v) is 12.7. The van der Waals surface area contributed by atoms with Crippen molar-refractivity contribution in [3.63, 3.8) is 0 Å². The van der Waals surface area contributed by atoms with E-state index in [1.165, 1.54) is 0 Å². The van der Waals surface area contributed by atoms with E-state index in [1.807, 2.05) is 30.3 Å². The third kappa shape index (κ3) is 3.74. The molecule has 116 valence electrons. The zero-order valence-electron chi connectivity index (χ0n) is 12.7. The monoisotopic (exact) mass is 299 g/mol. The van der Waals surface area contributed by atoms with Gasteiger partial charge in [0.2, 0.25) is 11.7 Å². The molecule has 3 rings (SSSR count). The molecule has 2 aromatic rings. The molecule has 5 heteroatoms. The number of benzene rings is 1. The lowest BCUT2D eigenvalue weighted by Gasteiger charge is -2.20. The molecule has 2 unspecified atom stereocenters. The first-order chi connectivity index (χ1) is 10.8. The molecule has 2 atom stereocenters. The molecule has 2 heterocycles. The van der Waals surface area contributed by atoms with Gasteiger partial charge in [0.05, 0.1) is 6.26 Å². The third-order valence-corrected chi connectivity index (χ3v) is 3.74. The summed E-state index contributed by atoms with van der Waals surface area (Å²) in [6.07, 6.45) is 6.27. The van der Waals surface area contributed by atoms with E-state index in [2.05, 4.69) is 28.5 Å². The van der Waals surface area contributed by atoms with E-state index in [1.54, 1.807) is 6.26 Å². The van der Waals surface area contributed by atoms with Crippen molar-refractivity contribution in [3.8, 4) is 11.4 Å². The van der Waals surface area contributed by atoms with Crippen LogP contribution in [0.1, 0.15) is 31.6 Å². The molecule has 0 aliphatic carbocycles. The fourth-order valence-electron chi connectivity index (χ4n) is 2.42. The van der Waals surface area contributed by atoms with E-state index < -0.39 is 0 Å². The smallest absolute Gasteiger partial charge is 0.231 e. The number of aromatic nitrogens is 2.